The van der Waals surface area contributed by atoms with Gasteiger partial charge in [-0.1, -0.05) is 86.1 Å². The molecule has 0 spiro atoms. The molecule has 2 amide bonds. The van der Waals surface area contributed by atoms with Gasteiger partial charge in [-0.05, 0) is 114 Å². The minimum Gasteiger partial charge on any atom is -0.478 e. The third-order valence-corrected chi connectivity index (χ3v) is 10.5. The zero-order valence-corrected chi connectivity index (χ0v) is 31.0. The van der Waals surface area contributed by atoms with Gasteiger partial charge in [0, 0.05) is 45.4 Å². The quantitative estimate of drug-likeness (QED) is 0.0746. The zero-order chi connectivity index (χ0) is 38.4. The number of carbonyl (C=O) groups excluding carboxylic acids is 2. The van der Waals surface area contributed by atoms with Crippen LogP contribution < -0.4 is 10.6 Å². The number of benzene rings is 5. The Balaban J connectivity index is 0.926. The fourth-order valence-corrected chi connectivity index (χ4v) is 7.00. The Kier molecular flexibility index (Phi) is 10.7. The van der Waals surface area contributed by atoms with E-state index in [0.717, 1.165) is 54.3 Å². The maximum absolute atomic E-state index is 13.5. The SMILES string of the molecule is O=C(Nc1ccc(-c2ccc(NC(=O)c3cccc4cccc(C(=O)O)c34)cc2)cc1)c1ccc(-c2nnn(CCCC3CC3)n2)c(C#CCCCC2CC2)c1. The number of hydrogen-bond acceptors (Lipinski definition) is 6. The summed E-state index contributed by atoms with van der Waals surface area (Å²) in [6.45, 7) is 0.735. The lowest BCUT2D eigenvalue weighted by Crippen LogP contribution is -2.13. The molecule has 0 aliphatic heterocycles. The van der Waals surface area contributed by atoms with Crippen LogP contribution in [0.2, 0.25) is 0 Å². The maximum atomic E-state index is 13.5. The van der Waals surface area contributed by atoms with E-state index in [4.69, 9.17) is 0 Å². The average molecular weight is 743 g/mol. The highest BCUT2D eigenvalue weighted by Gasteiger charge is 2.22. The van der Waals surface area contributed by atoms with Gasteiger partial charge in [-0.3, -0.25) is 9.59 Å². The molecule has 1 heterocycles. The number of carboxylic acids is 1. The van der Waals surface area contributed by atoms with E-state index in [1.807, 2.05) is 48.5 Å². The predicted octanol–water partition coefficient (Wildman–Crippen LogP) is 9.49. The van der Waals surface area contributed by atoms with Gasteiger partial charge in [0.15, 0.2) is 0 Å². The third-order valence-electron chi connectivity index (χ3n) is 10.5. The fourth-order valence-electron chi connectivity index (χ4n) is 7.00. The number of fused-ring (bicyclic) bond motifs is 1. The number of aromatic carboxylic acids is 1. The van der Waals surface area contributed by atoms with Crippen LogP contribution in [-0.2, 0) is 6.54 Å². The van der Waals surface area contributed by atoms with E-state index in [0.29, 0.717) is 39.1 Å². The summed E-state index contributed by atoms with van der Waals surface area (Å²) >= 11 is 0. The van der Waals surface area contributed by atoms with Crippen molar-refractivity contribution in [1.29, 1.82) is 0 Å². The molecule has 1 aromatic heterocycles. The summed E-state index contributed by atoms with van der Waals surface area (Å²) in [5.41, 5.74) is 5.39. The number of unbranched alkanes of at least 4 members (excludes halogenated alkanes) is 1. The van der Waals surface area contributed by atoms with Crippen molar-refractivity contribution in [3.63, 3.8) is 0 Å². The van der Waals surface area contributed by atoms with Crippen LogP contribution >= 0.6 is 0 Å². The Morgan fingerprint density at radius 3 is 2.00 bits per heavy atom. The molecule has 10 nitrogen and oxygen atoms in total. The van der Waals surface area contributed by atoms with E-state index in [-0.39, 0.29) is 17.0 Å². The van der Waals surface area contributed by atoms with E-state index < -0.39 is 11.9 Å². The molecule has 6 aromatic rings. The fraction of sp³-hybridized carbons (Fsp3) is 0.261. The molecule has 56 heavy (non-hydrogen) atoms. The smallest absolute Gasteiger partial charge is 0.336 e. The van der Waals surface area contributed by atoms with Crippen molar-refractivity contribution in [3.8, 4) is 34.4 Å². The largest absolute Gasteiger partial charge is 0.478 e. The zero-order valence-electron chi connectivity index (χ0n) is 31.0. The minimum absolute atomic E-state index is 0.0772. The topological polar surface area (TPSA) is 139 Å². The molecule has 0 atom stereocenters. The number of rotatable bonds is 14. The lowest BCUT2D eigenvalue weighted by Gasteiger charge is -2.11. The van der Waals surface area contributed by atoms with E-state index in [1.54, 1.807) is 53.3 Å². The first-order chi connectivity index (χ1) is 27.4. The summed E-state index contributed by atoms with van der Waals surface area (Å²) in [7, 11) is 0. The average Bonchev–Trinajstić information content (AvgIpc) is 4.16. The molecule has 0 bridgehead atoms. The molecule has 0 saturated heterocycles. The van der Waals surface area contributed by atoms with Crippen molar-refractivity contribution in [1.82, 2.24) is 20.2 Å². The second kappa shape index (κ2) is 16.4. The number of aromatic nitrogens is 4. The van der Waals surface area contributed by atoms with Crippen LogP contribution in [0.1, 0.15) is 94.4 Å². The predicted molar refractivity (Wildman–Crippen MR) is 217 cm³/mol. The first-order valence-electron chi connectivity index (χ1n) is 19.4. The molecule has 2 aliphatic carbocycles. The van der Waals surface area contributed by atoms with Crippen LogP contribution in [0.3, 0.4) is 0 Å². The molecule has 2 fully saturated rings. The number of hydrogen-bond donors (Lipinski definition) is 3. The van der Waals surface area contributed by atoms with Crippen LogP contribution in [-0.4, -0.2) is 43.1 Å². The van der Waals surface area contributed by atoms with Crippen molar-refractivity contribution >= 4 is 39.9 Å². The second-order valence-electron chi connectivity index (χ2n) is 14.8. The monoisotopic (exact) mass is 742 g/mol. The normalized spacial score (nSPS) is 13.5. The molecular formula is C46H42N6O4. The van der Waals surface area contributed by atoms with Crippen molar-refractivity contribution in [3.05, 3.63) is 125 Å². The lowest BCUT2D eigenvalue weighted by molar-refractivity contribution is 0.0698. The first-order valence-corrected chi connectivity index (χ1v) is 19.4. The number of anilines is 2. The van der Waals surface area contributed by atoms with E-state index in [9.17, 15) is 19.5 Å². The van der Waals surface area contributed by atoms with Crippen molar-refractivity contribution in [2.45, 2.75) is 64.3 Å². The maximum Gasteiger partial charge on any atom is 0.336 e. The Bertz CT molecular complexity index is 2470. The standard InChI is InChI=1S/C46H42N6O4/c53-44(36-22-27-39(35(29-36)9-3-1-2-7-30-14-15-30)43-49-51-52(50-43)28-6-8-31-16-17-31)47-37-23-18-32(19-24-37)33-20-25-38(26-21-33)48-45(54)40-12-4-10-34-11-5-13-41(42(34)40)46(55)56/h4-5,10-13,18-27,29-31H,1-2,6-8,14-17,28H2,(H,47,53)(H,48,54)(H,55,56). The third kappa shape index (κ3) is 8.85. The highest BCUT2D eigenvalue weighted by atomic mass is 16.4. The van der Waals surface area contributed by atoms with Gasteiger partial charge in [-0.15, -0.1) is 10.2 Å². The molecule has 0 unspecified atom stereocenters. The number of carbonyl (C=O) groups is 3. The first kappa shape index (κ1) is 36.4. The van der Waals surface area contributed by atoms with Crippen molar-refractivity contribution in [2.24, 2.45) is 11.8 Å². The van der Waals surface area contributed by atoms with Crippen LogP contribution in [0.15, 0.2) is 103 Å². The molecule has 0 radical (unpaired) electrons. The van der Waals surface area contributed by atoms with Gasteiger partial charge in [0.2, 0.25) is 5.82 Å². The second-order valence-corrected chi connectivity index (χ2v) is 14.8. The van der Waals surface area contributed by atoms with Crippen LogP contribution in [0.25, 0.3) is 33.3 Å². The van der Waals surface area contributed by atoms with Gasteiger partial charge in [0.25, 0.3) is 11.8 Å². The van der Waals surface area contributed by atoms with Gasteiger partial charge in [-0.25, -0.2) is 4.79 Å². The lowest BCUT2D eigenvalue weighted by atomic mass is 9.98. The summed E-state index contributed by atoms with van der Waals surface area (Å²) < 4.78 is 0. The summed E-state index contributed by atoms with van der Waals surface area (Å²) in [6.07, 6.45) is 10.7. The molecule has 8 rings (SSSR count). The summed E-state index contributed by atoms with van der Waals surface area (Å²) in [6, 6.07) is 30.5. The van der Waals surface area contributed by atoms with Gasteiger partial charge in [0.1, 0.15) is 0 Å². The number of tetrazole rings is 1. The number of nitrogens with one attached hydrogen (secondary N) is 2. The number of aryl methyl sites for hydroxylation is 1. The Morgan fingerprint density at radius 1 is 0.732 bits per heavy atom. The molecule has 2 saturated carbocycles. The Hall–Kier alpha value is -6.60. The van der Waals surface area contributed by atoms with E-state index >= 15 is 0 Å². The molecule has 10 heteroatoms. The van der Waals surface area contributed by atoms with Crippen LogP contribution in [0.5, 0.6) is 0 Å². The van der Waals surface area contributed by atoms with Crippen molar-refractivity contribution < 1.29 is 19.5 Å². The molecule has 280 valence electrons. The Labute approximate surface area is 325 Å². The van der Waals surface area contributed by atoms with E-state index in [1.165, 1.54) is 44.6 Å². The highest BCUT2D eigenvalue weighted by molar-refractivity contribution is 6.17. The van der Waals surface area contributed by atoms with Gasteiger partial charge in [-0.2, -0.15) is 4.80 Å². The molecular weight excluding hydrogens is 701 g/mol. The molecule has 5 aromatic carbocycles. The van der Waals surface area contributed by atoms with Gasteiger partial charge in [0.05, 0.1) is 12.1 Å². The highest BCUT2D eigenvalue weighted by Crippen LogP contribution is 2.34. The van der Waals surface area contributed by atoms with Gasteiger partial charge >= 0.3 is 5.97 Å². The minimum atomic E-state index is -1.09. The summed E-state index contributed by atoms with van der Waals surface area (Å²) in [4.78, 5) is 40.3. The number of nitrogens with zero attached hydrogens (tertiary/aromatic N) is 4. The van der Waals surface area contributed by atoms with Crippen LogP contribution in [0, 0.1) is 23.7 Å². The molecule has 3 N–H and O–H groups in total. The number of carboxylic acid groups (broad SMARTS) is 1. The summed E-state index contributed by atoms with van der Waals surface area (Å²) in [5.74, 6) is 7.13. The van der Waals surface area contributed by atoms with E-state index in [2.05, 4.69) is 37.9 Å². The number of amides is 2. The van der Waals surface area contributed by atoms with Gasteiger partial charge < -0.3 is 15.7 Å². The Morgan fingerprint density at radius 2 is 1.36 bits per heavy atom. The van der Waals surface area contributed by atoms with Crippen molar-refractivity contribution in [2.75, 3.05) is 10.6 Å². The molecule has 2 aliphatic rings. The summed E-state index contributed by atoms with van der Waals surface area (Å²) in [5, 5.41) is 30.0. The van der Waals surface area contributed by atoms with Crippen LogP contribution in [0.4, 0.5) is 11.4 Å².